The van der Waals surface area contributed by atoms with Gasteiger partial charge in [0.2, 0.25) is 5.91 Å². The molecule has 41 heavy (non-hydrogen) atoms. The number of nitrogens with zero attached hydrogens (tertiary/aromatic N) is 1. The van der Waals surface area contributed by atoms with Crippen LogP contribution in [0, 0.1) is 19.3 Å². The van der Waals surface area contributed by atoms with E-state index in [1.807, 2.05) is 45.9 Å². The van der Waals surface area contributed by atoms with Crippen LogP contribution in [-0.2, 0) is 20.7 Å². The van der Waals surface area contributed by atoms with Gasteiger partial charge in [-0.05, 0) is 54.8 Å². The first kappa shape index (κ1) is 30.3. The largest absolute Gasteiger partial charge is 0.478 e. The third-order valence-electron chi connectivity index (χ3n) is 7.37. The summed E-state index contributed by atoms with van der Waals surface area (Å²) in [5.74, 6) is -1.70. The van der Waals surface area contributed by atoms with Gasteiger partial charge in [0.1, 0.15) is 23.5 Å². The van der Waals surface area contributed by atoms with Crippen molar-refractivity contribution in [3.05, 3.63) is 87.3 Å². The number of aromatic carboxylic acids is 1. The lowest BCUT2D eigenvalue weighted by Gasteiger charge is -2.32. The van der Waals surface area contributed by atoms with Gasteiger partial charge in [0.25, 0.3) is 5.91 Å². The lowest BCUT2D eigenvalue weighted by atomic mass is 9.91. The zero-order valence-corrected chi connectivity index (χ0v) is 24.3. The number of nitrogens with one attached hydrogen (secondary N) is 1. The Labute approximate surface area is 244 Å². The molecule has 0 fully saturated rings. The van der Waals surface area contributed by atoms with Crippen molar-refractivity contribution in [1.29, 1.82) is 0 Å². The average Bonchev–Trinajstić information content (AvgIpc) is 3.37. The third kappa shape index (κ3) is 6.81. The van der Waals surface area contributed by atoms with Gasteiger partial charge in [-0.15, -0.1) is 0 Å². The normalized spacial score (nSPS) is 17.2. The van der Waals surface area contributed by atoms with E-state index in [2.05, 4.69) is 5.32 Å². The molecule has 2 atom stereocenters. The maximum atomic E-state index is 14.1. The van der Waals surface area contributed by atoms with E-state index in [1.165, 1.54) is 12.3 Å². The molecule has 2 amide bonds. The number of aryl methyl sites for hydroxylation is 1. The molecule has 0 saturated heterocycles. The Kier molecular flexibility index (Phi) is 9.21. The average molecular weight is 583 g/mol. The molecular formula is C31H35ClN2O7. The zero-order valence-electron chi connectivity index (χ0n) is 23.6. The van der Waals surface area contributed by atoms with Crippen LogP contribution in [0.15, 0.2) is 53.1 Å². The molecule has 2 heterocycles. The first-order chi connectivity index (χ1) is 19.4. The number of carboxylic acids is 1. The second-order valence-corrected chi connectivity index (χ2v) is 11.5. The molecule has 0 radical (unpaired) electrons. The monoisotopic (exact) mass is 582 g/mol. The highest BCUT2D eigenvalue weighted by atomic mass is 35.5. The third-order valence-corrected chi connectivity index (χ3v) is 7.60. The van der Waals surface area contributed by atoms with Crippen molar-refractivity contribution in [3.63, 3.8) is 0 Å². The molecule has 9 nitrogen and oxygen atoms in total. The summed E-state index contributed by atoms with van der Waals surface area (Å²) in [5, 5.41) is 22.5. The van der Waals surface area contributed by atoms with Gasteiger partial charge in [0.05, 0.1) is 12.7 Å². The molecule has 2 aromatic carbocycles. The van der Waals surface area contributed by atoms with Gasteiger partial charge in [-0.25, -0.2) is 4.79 Å². The highest BCUT2D eigenvalue weighted by Crippen LogP contribution is 2.42. The number of aliphatic hydroxyl groups is 1. The summed E-state index contributed by atoms with van der Waals surface area (Å²) in [6.07, 6.45) is -0.626. The van der Waals surface area contributed by atoms with Crippen molar-refractivity contribution < 1.29 is 33.8 Å². The lowest BCUT2D eigenvalue weighted by molar-refractivity contribution is -0.138. The fourth-order valence-corrected chi connectivity index (χ4v) is 5.11. The van der Waals surface area contributed by atoms with E-state index in [1.54, 1.807) is 23.1 Å². The van der Waals surface area contributed by atoms with Crippen molar-refractivity contribution in [2.45, 2.75) is 52.7 Å². The Morgan fingerprint density at radius 3 is 2.59 bits per heavy atom. The first-order valence-electron chi connectivity index (χ1n) is 13.4. The zero-order chi connectivity index (χ0) is 29.9. The van der Waals surface area contributed by atoms with Crippen molar-refractivity contribution in [1.82, 2.24) is 5.32 Å². The SMILES string of the molecule is Cc1cccc([C@@H]2O[C@@H](CC(=O)NCCc3occc3C(=O)O)C(=O)N(CC(C)(C)CO)c3ccc(Cl)cc32)c1C. The van der Waals surface area contributed by atoms with Crippen LogP contribution in [0.3, 0.4) is 0 Å². The first-order valence-corrected chi connectivity index (χ1v) is 13.8. The molecule has 0 unspecified atom stereocenters. The molecule has 10 heteroatoms. The highest BCUT2D eigenvalue weighted by molar-refractivity contribution is 6.30. The van der Waals surface area contributed by atoms with Crippen molar-refractivity contribution >= 4 is 35.1 Å². The number of ether oxygens (including phenoxy) is 1. The topological polar surface area (TPSA) is 129 Å². The van der Waals surface area contributed by atoms with Crippen LogP contribution in [0.5, 0.6) is 0 Å². The van der Waals surface area contributed by atoms with E-state index in [9.17, 15) is 24.6 Å². The summed E-state index contributed by atoms with van der Waals surface area (Å²) < 4.78 is 11.8. The van der Waals surface area contributed by atoms with Gasteiger partial charge < -0.3 is 29.6 Å². The highest BCUT2D eigenvalue weighted by Gasteiger charge is 2.40. The molecule has 1 aliphatic rings. The van der Waals surface area contributed by atoms with Gasteiger partial charge in [-0.2, -0.15) is 0 Å². The summed E-state index contributed by atoms with van der Waals surface area (Å²) in [6, 6.07) is 12.5. The maximum Gasteiger partial charge on any atom is 0.339 e. The van der Waals surface area contributed by atoms with Crippen LogP contribution in [0.2, 0.25) is 5.02 Å². The Balaban J connectivity index is 1.66. The molecule has 0 spiro atoms. The van der Waals surface area contributed by atoms with Crippen LogP contribution < -0.4 is 10.2 Å². The molecule has 0 bridgehead atoms. The Bertz CT molecular complexity index is 1450. The van der Waals surface area contributed by atoms with Gasteiger partial charge in [0.15, 0.2) is 0 Å². The number of hydrogen-bond donors (Lipinski definition) is 3. The lowest BCUT2D eigenvalue weighted by Crippen LogP contribution is -2.46. The van der Waals surface area contributed by atoms with E-state index in [0.29, 0.717) is 16.3 Å². The number of rotatable bonds is 10. The van der Waals surface area contributed by atoms with Crippen molar-refractivity contribution in [3.8, 4) is 0 Å². The van der Waals surface area contributed by atoms with Crippen molar-refractivity contribution in [2.24, 2.45) is 5.41 Å². The molecule has 1 aromatic heterocycles. The van der Waals surface area contributed by atoms with Crippen LogP contribution in [0.1, 0.15) is 64.7 Å². The number of halogens is 1. The quantitative estimate of drug-likeness (QED) is 0.312. The van der Waals surface area contributed by atoms with E-state index < -0.39 is 35.4 Å². The summed E-state index contributed by atoms with van der Waals surface area (Å²) >= 11 is 6.44. The van der Waals surface area contributed by atoms with Crippen molar-refractivity contribution in [2.75, 3.05) is 24.6 Å². The molecule has 3 aromatic rings. The van der Waals surface area contributed by atoms with Crippen LogP contribution >= 0.6 is 11.6 Å². The predicted molar refractivity (Wildman–Crippen MR) is 154 cm³/mol. The molecule has 0 aliphatic carbocycles. The molecule has 4 rings (SSSR count). The summed E-state index contributed by atoms with van der Waals surface area (Å²) in [6.45, 7) is 7.84. The minimum Gasteiger partial charge on any atom is -0.478 e. The number of amides is 2. The van der Waals surface area contributed by atoms with E-state index in [4.69, 9.17) is 20.8 Å². The van der Waals surface area contributed by atoms with Gasteiger partial charge in [0, 0.05) is 47.8 Å². The molecule has 3 N–H and O–H groups in total. The Morgan fingerprint density at radius 1 is 1.12 bits per heavy atom. The van der Waals surface area contributed by atoms with Crippen LogP contribution in [0.25, 0.3) is 0 Å². The van der Waals surface area contributed by atoms with Crippen LogP contribution in [-0.4, -0.2) is 53.8 Å². The predicted octanol–water partition coefficient (Wildman–Crippen LogP) is 4.84. The molecule has 218 valence electrons. The standard InChI is InChI=1S/C31H35ClN2O7/c1-18-6-5-7-21(19(18)2)28-23-14-20(32)8-9-24(23)34(16-31(3,4)17-35)29(37)26(41-28)15-27(36)33-12-10-25-22(30(38)39)11-13-40-25/h5-9,11,13-14,26,28,35H,10,12,15-17H2,1-4H3,(H,33,36)(H,38,39)/t26-,28-/m0/s1. The van der Waals surface area contributed by atoms with E-state index in [-0.39, 0.29) is 43.9 Å². The summed E-state index contributed by atoms with van der Waals surface area (Å²) in [5.41, 5.74) is 3.60. The number of aliphatic hydroxyl groups excluding tert-OH is 1. The molecule has 0 saturated carbocycles. The number of hydrogen-bond acceptors (Lipinski definition) is 6. The number of furan rings is 1. The Hall–Kier alpha value is -3.66. The van der Waals surface area contributed by atoms with E-state index >= 15 is 0 Å². The van der Waals surface area contributed by atoms with Gasteiger partial charge in [-0.1, -0.05) is 43.6 Å². The summed E-state index contributed by atoms with van der Waals surface area (Å²) in [7, 11) is 0. The summed E-state index contributed by atoms with van der Waals surface area (Å²) in [4.78, 5) is 40.1. The fourth-order valence-electron chi connectivity index (χ4n) is 4.93. The van der Waals surface area contributed by atoms with Gasteiger partial charge in [-0.3, -0.25) is 9.59 Å². The van der Waals surface area contributed by atoms with Crippen LogP contribution in [0.4, 0.5) is 5.69 Å². The minimum absolute atomic E-state index is 0.0384. The maximum absolute atomic E-state index is 14.1. The van der Waals surface area contributed by atoms with E-state index in [0.717, 1.165) is 16.7 Å². The second kappa shape index (κ2) is 12.5. The smallest absolute Gasteiger partial charge is 0.339 e. The number of carbonyl (C=O) groups is 3. The number of anilines is 1. The fraction of sp³-hybridized carbons (Fsp3) is 0.387. The molecular weight excluding hydrogens is 548 g/mol. The Morgan fingerprint density at radius 2 is 1.88 bits per heavy atom. The minimum atomic E-state index is -1.14. The number of benzene rings is 2. The second-order valence-electron chi connectivity index (χ2n) is 11.1. The molecule has 1 aliphatic heterocycles. The number of fused-ring (bicyclic) bond motifs is 1. The number of carboxylic acid groups (broad SMARTS) is 1. The van der Waals surface area contributed by atoms with Gasteiger partial charge >= 0.3 is 5.97 Å². The number of carbonyl (C=O) groups excluding carboxylic acids is 2.